The summed E-state index contributed by atoms with van der Waals surface area (Å²) in [4.78, 5) is 18.7. The molecule has 1 aliphatic rings. The molecule has 0 amide bonds. The molecule has 136 valence electrons. The average molecular weight is 392 g/mol. The van der Waals surface area contributed by atoms with Crippen LogP contribution >= 0.6 is 0 Å². The molecule has 0 aliphatic carbocycles. The van der Waals surface area contributed by atoms with Crippen molar-refractivity contribution >= 4 is 35.2 Å². The average Bonchev–Trinajstić information content (AvgIpc) is 3.22. The van der Waals surface area contributed by atoms with E-state index in [2.05, 4.69) is 9.84 Å². The van der Waals surface area contributed by atoms with Gasteiger partial charge in [-0.2, -0.15) is 0 Å². The molecule has 0 radical (unpaired) electrons. The Morgan fingerprint density at radius 3 is 2.62 bits per heavy atom. The molecular formula is C22H13N2NaO4. The number of allylic oxidation sites excluding steroid dienone is 1. The molecule has 0 bridgehead atoms. The summed E-state index contributed by atoms with van der Waals surface area (Å²) >= 11 is 0. The molecule has 2 heterocycles. The van der Waals surface area contributed by atoms with Crippen molar-refractivity contribution in [2.75, 3.05) is 0 Å². The summed E-state index contributed by atoms with van der Waals surface area (Å²) in [7, 11) is 0. The molecule has 1 N–H and O–H groups in total. The van der Waals surface area contributed by atoms with Gasteiger partial charge in [-0.3, -0.25) is 4.99 Å². The molecule has 0 atom stereocenters. The number of carbonyl (C=O) groups is 1. The Hall–Kier alpha value is -3.11. The largest absolute Gasteiger partial charge is 1.00 e. The van der Waals surface area contributed by atoms with Crippen LogP contribution in [0.25, 0.3) is 27.6 Å². The van der Waals surface area contributed by atoms with E-state index >= 15 is 0 Å². The van der Waals surface area contributed by atoms with E-state index in [0.29, 0.717) is 22.6 Å². The van der Waals surface area contributed by atoms with Gasteiger partial charge in [-0.1, -0.05) is 42.0 Å². The minimum atomic E-state index is -1.27. The van der Waals surface area contributed by atoms with Gasteiger partial charge >= 0.3 is 29.6 Å². The summed E-state index contributed by atoms with van der Waals surface area (Å²) in [6.07, 6.45) is 3.26. The molecule has 7 heteroatoms. The van der Waals surface area contributed by atoms with Gasteiger partial charge in [-0.25, -0.2) is 4.85 Å². The maximum absolute atomic E-state index is 11.0. The van der Waals surface area contributed by atoms with Crippen LogP contribution < -0.4 is 34.7 Å². The van der Waals surface area contributed by atoms with Gasteiger partial charge in [0, 0.05) is 22.9 Å². The number of carboxylic acid groups (broad SMARTS) is 1. The van der Waals surface area contributed by atoms with Gasteiger partial charge in [-0.15, -0.1) is 0 Å². The summed E-state index contributed by atoms with van der Waals surface area (Å²) in [6, 6.07) is 12.1. The number of aryl methyl sites for hydroxylation is 1. The monoisotopic (exact) mass is 392 g/mol. The molecule has 6 nitrogen and oxygen atoms in total. The van der Waals surface area contributed by atoms with Crippen LogP contribution in [0.4, 0.5) is 11.4 Å². The van der Waals surface area contributed by atoms with Gasteiger partial charge in [-0.05, 0) is 30.2 Å². The third kappa shape index (κ3) is 3.76. The predicted molar refractivity (Wildman–Crippen MR) is 104 cm³/mol. The van der Waals surface area contributed by atoms with Crippen molar-refractivity contribution in [2.24, 2.45) is 4.99 Å². The smallest absolute Gasteiger partial charge is 0.545 e. The number of hydrogen-bond acceptors (Lipinski definition) is 5. The molecule has 4 rings (SSSR count). The van der Waals surface area contributed by atoms with E-state index in [0.717, 1.165) is 16.7 Å². The van der Waals surface area contributed by atoms with Crippen LogP contribution in [0.3, 0.4) is 0 Å². The van der Waals surface area contributed by atoms with Crippen molar-refractivity contribution in [3.8, 4) is 17.1 Å². The molecule has 0 unspecified atom stereocenters. The minimum absolute atomic E-state index is 0. The molecule has 3 aromatic rings. The van der Waals surface area contributed by atoms with E-state index in [1.165, 1.54) is 12.1 Å². The number of rotatable bonds is 3. The normalized spacial score (nSPS) is 13.0. The van der Waals surface area contributed by atoms with Gasteiger partial charge < -0.3 is 19.4 Å². The Bertz CT molecular complexity index is 1210. The Kier molecular flexibility index (Phi) is 5.76. The minimum Gasteiger partial charge on any atom is -0.545 e. The fraction of sp³-hybridized carbons (Fsp3) is 0.0455. The zero-order chi connectivity index (χ0) is 19.8. The Morgan fingerprint density at radius 1 is 1.24 bits per heavy atom. The first-order chi connectivity index (χ1) is 13.5. The zero-order valence-corrected chi connectivity index (χ0v) is 17.8. The number of carbonyl (C=O) groups excluding carboxylic acids is 1. The Balaban J connectivity index is 0.00000240. The first kappa shape index (κ1) is 20.6. The van der Waals surface area contributed by atoms with Crippen molar-refractivity contribution in [1.82, 2.24) is 0 Å². The van der Waals surface area contributed by atoms with E-state index in [4.69, 9.17) is 11.0 Å². The third-order valence-corrected chi connectivity index (χ3v) is 4.52. The third-order valence-electron chi connectivity index (χ3n) is 4.52. The van der Waals surface area contributed by atoms with Crippen LogP contribution in [0, 0.1) is 13.5 Å². The second-order valence-corrected chi connectivity index (χ2v) is 6.35. The van der Waals surface area contributed by atoms with Crippen LogP contribution in [-0.2, 0) is 0 Å². The van der Waals surface area contributed by atoms with Crippen molar-refractivity contribution in [3.63, 3.8) is 0 Å². The van der Waals surface area contributed by atoms with Gasteiger partial charge in [0.15, 0.2) is 0 Å². The number of fused-ring (bicyclic) bond motifs is 1. The first-order valence-corrected chi connectivity index (χ1v) is 8.39. The van der Waals surface area contributed by atoms with E-state index in [1.807, 2.05) is 31.2 Å². The topological polar surface area (TPSA) is 90.2 Å². The molecule has 1 aromatic heterocycles. The Labute approximate surface area is 188 Å². The van der Waals surface area contributed by atoms with E-state index < -0.39 is 11.9 Å². The van der Waals surface area contributed by atoms with Gasteiger partial charge in [0.1, 0.15) is 5.76 Å². The van der Waals surface area contributed by atoms with Gasteiger partial charge in [0.2, 0.25) is 0 Å². The summed E-state index contributed by atoms with van der Waals surface area (Å²) in [6.45, 7) is 9.35. The number of nitrogens with zero attached hydrogens (tertiary/aromatic N) is 2. The molecule has 0 saturated heterocycles. The van der Waals surface area contributed by atoms with Crippen LogP contribution in [0.5, 0.6) is 5.95 Å². The van der Waals surface area contributed by atoms with E-state index in [9.17, 15) is 15.0 Å². The zero-order valence-electron chi connectivity index (χ0n) is 15.8. The number of aromatic hydroxyl groups is 1. The van der Waals surface area contributed by atoms with Crippen LogP contribution in [0.2, 0.25) is 0 Å². The van der Waals surface area contributed by atoms with Crippen LogP contribution in [-0.4, -0.2) is 17.3 Å². The summed E-state index contributed by atoms with van der Waals surface area (Å²) in [5.41, 5.74) is 4.30. The maximum Gasteiger partial charge on any atom is 1.00 e. The number of aliphatic imine (C=N–C) groups is 1. The molecular weight excluding hydrogens is 379 g/mol. The number of furan rings is 1. The SMILES string of the molecule is [C-]#[N+]c1c(O)oc(/C=C2/C=Nc3cc(C(=O)[O-])ccc32)c1-c1ccc(C)cc1.[Na+]. The summed E-state index contributed by atoms with van der Waals surface area (Å²) in [5, 5.41) is 21.1. The second-order valence-electron chi connectivity index (χ2n) is 6.35. The molecule has 0 spiro atoms. The number of hydrogen-bond donors (Lipinski definition) is 1. The summed E-state index contributed by atoms with van der Waals surface area (Å²) < 4.78 is 5.46. The molecule has 2 aromatic carbocycles. The fourth-order valence-corrected chi connectivity index (χ4v) is 3.11. The van der Waals surface area contributed by atoms with Crippen LogP contribution in [0.1, 0.15) is 27.2 Å². The molecule has 29 heavy (non-hydrogen) atoms. The van der Waals surface area contributed by atoms with Crippen molar-refractivity contribution in [3.05, 3.63) is 76.3 Å². The quantitative estimate of drug-likeness (QED) is 0.535. The molecule has 0 fully saturated rings. The van der Waals surface area contributed by atoms with E-state index in [1.54, 1.807) is 18.4 Å². The fourth-order valence-electron chi connectivity index (χ4n) is 3.11. The molecule has 1 aliphatic heterocycles. The van der Waals surface area contributed by atoms with Gasteiger partial charge in [0.05, 0.1) is 18.2 Å². The molecule has 0 saturated carbocycles. The van der Waals surface area contributed by atoms with Crippen molar-refractivity contribution < 1.29 is 49.0 Å². The second kappa shape index (κ2) is 8.10. The van der Waals surface area contributed by atoms with Gasteiger partial charge in [0.25, 0.3) is 11.6 Å². The standard InChI is InChI=1S/C22H14N2O4.Na/c1-12-3-5-13(6-4-12)19-18(28-22(27)20(19)23-2)10-15-11-24-17-9-14(21(25)26)7-8-16(15)17;/h3-11,27H,1H3,(H,25,26);/q;+1/p-1/b15-10-;. The Morgan fingerprint density at radius 2 is 1.97 bits per heavy atom. The van der Waals surface area contributed by atoms with Crippen molar-refractivity contribution in [1.29, 1.82) is 0 Å². The number of aromatic carboxylic acids is 1. The van der Waals surface area contributed by atoms with Crippen LogP contribution in [0.15, 0.2) is 51.9 Å². The number of benzene rings is 2. The van der Waals surface area contributed by atoms with Crippen molar-refractivity contribution in [2.45, 2.75) is 6.92 Å². The van der Waals surface area contributed by atoms with E-state index in [-0.39, 0.29) is 40.8 Å². The number of carboxylic acids is 1. The first-order valence-electron chi connectivity index (χ1n) is 8.39. The maximum atomic E-state index is 11.0. The summed E-state index contributed by atoms with van der Waals surface area (Å²) in [5.74, 6) is -1.39. The predicted octanol–water partition coefficient (Wildman–Crippen LogP) is 1.14.